The Kier molecular flexibility index (Phi) is 4.48. The zero-order chi connectivity index (χ0) is 12.3. The van der Waals surface area contributed by atoms with Crippen LogP contribution in [0.1, 0.15) is 11.6 Å². The highest BCUT2D eigenvalue weighted by Gasteiger charge is 2.31. The number of hydrogen-bond donors (Lipinski definition) is 1. The van der Waals surface area contributed by atoms with Crippen LogP contribution in [-0.4, -0.2) is 37.5 Å². The summed E-state index contributed by atoms with van der Waals surface area (Å²) >= 11 is 3.36. The summed E-state index contributed by atoms with van der Waals surface area (Å²) in [5, 5.41) is 3.18. The lowest BCUT2D eigenvalue weighted by molar-refractivity contribution is 0.0178. The van der Waals surface area contributed by atoms with E-state index in [-0.39, 0.29) is 0 Å². The van der Waals surface area contributed by atoms with E-state index in [9.17, 15) is 8.78 Å². The van der Waals surface area contributed by atoms with E-state index in [0.29, 0.717) is 18.7 Å². The minimum Gasteiger partial charge on any atom is -0.314 e. The first-order valence-electron chi connectivity index (χ1n) is 5.67. The second-order valence-electron chi connectivity index (χ2n) is 4.09. The van der Waals surface area contributed by atoms with Gasteiger partial charge in [-0.3, -0.25) is 4.90 Å². The number of halogens is 3. The maximum atomic E-state index is 13.3. The highest BCUT2D eigenvalue weighted by Crippen LogP contribution is 2.32. The summed E-state index contributed by atoms with van der Waals surface area (Å²) < 4.78 is 27.3. The van der Waals surface area contributed by atoms with E-state index >= 15 is 0 Å². The SMILES string of the molecule is FC(F)[C@H](c1ccccc1Br)N1CCNCC1. The summed E-state index contributed by atoms with van der Waals surface area (Å²) in [4.78, 5) is 1.85. The van der Waals surface area contributed by atoms with Gasteiger partial charge in [-0.2, -0.15) is 0 Å². The molecule has 0 saturated carbocycles. The maximum absolute atomic E-state index is 13.3. The second kappa shape index (κ2) is 5.89. The van der Waals surface area contributed by atoms with Crippen molar-refractivity contribution in [1.82, 2.24) is 10.2 Å². The van der Waals surface area contributed by atoms with Crippen LogP contribution in [0.3, 0.4) is 0 Å². The molecule has 0 aliphatic carbocycles. The molecule has 0 bridgehead atoms. The van der Waals surface area contributed by atoms with Crippen molar-refractivity contribution in [2.75, 3.05) is 26.2 Å². The fraction of sp³-hybridized carbons (Fsp3) is 0.500. The fourth-order valence-corrected chi connectivity index (χ4v) is 2.69. The molecule has 0 amide bonds. The number of hydrogen-bond acceptors (Lipinski definition) is 2. The van der Waals surface area contributed by atoms with E-state index in [2.05, 4.69) is 21.2 Å². The molecule has 0 spiro atoms. The molecule has 1 aromatic carbocycles. The molecule has 1 aliphatic rings. The zero-order valence-corrected chi connectivity index (χ0v) is 11.0. The van der Waals surface area contributed by atoms with E-state index in [1.54, 1.807) is 12.1 Å². The summed E-state index contributed by atoms with van der Waals surface area (Å²) in [6.07, 6.45) is -2.37. The Balaban J connectivity index is 2.25. The van der Waals surface area contributed by atoms with Crippen molar-refractivity contribution in [2.24, 2.45) is 0 Å². The van der Waals surface area contributed by atoms with Gasteiger partial charge in [-0.05, 0) is 11.6 Å². The molecule has 2 rings (SSSR count). The number of benzene rings is 1. The molecule has 1 aromatic rings. The van der Waals surface area contributed by atoms with E-state index in [4.69, 9.17) is 0 Å². The van der Waals surface area contributed by atoms with Gasteiger partial charge in [0.15, 0.2) is 0 Å². The van der Waals surface area contributed by atoms with E-state index in [0.717, 1.165) is 17.6 Å². The van der Waals surface area contributed by atoms with Gasteiger partial charge in [0.05, 0.1) is 6.04 Å². The largest absolute Gasteiger partial charge is 0.314 e. The van der Waals surface area contributed by atoms with E-state index < -0.39 is 12.5 Å². The van der Waals surface area contributed by atoms with E-state index in [1.165, 1.54) is 0 Å². The zero-order valence-electron chi connectivity index (χ0n) is 9.37. The summed E-state index contributed by atoms with van der Waals surface area (Å²) in [5.74, 6) is 0. The molecular formula is C12H15BrF2N2. The number of rotatable bonds is 3. The van der Waals surface area contributed by atoms with E-state index in [1.807, 2.05) is 17.0 Å². The molecule has 0 aromatic heterocycles. The highest BCUT2D eigenvalue weighted by atomic mass is 79.9. The van der Waals surface area contributed by atoms with Gasteiger partial charge in [0.2, 0.25) is 0 Å². The summed E-state index contributed by atoms with van der Waals surface area (Å²) in [5.41, 5.74) is 0.671. The van der Waals surface area contributed by atoms with Crippen LogP contribution in [-0.2, 0) is 0 Å². The Labute approximate surface area is 108 Å². The molecule has 1 aliphatic heterocycles. The predicted octanol–water partition coefficient (Wildman–Crippen LogP) is 2.66. The normalized spacial score (nSPS) is 19.5. The van der Waals surface area contributed by atoms with Gasteiger partial charge < -0.3 is 5.32 Å². The maximum Gasteiger partial charge on any atom is 0.258 e. The molecule has 0 radical (unpaired) electrons. The first-order valence-corrected chi connectivity index (χ1v) is 6.47. The summed E-state index contributed by atoms with van der Waals surface area (Å²) in [6.45, 7) is 2.87. The van der Waals surface area contributed by atoms with Gasteiger partial charge in [-0.1, -0.05) is 34.1 Å². The van der Waals surface area contributed by atoms with Crippen LogP contribution >= 0.6 is 15.9 Å². The lowest BCUT2D eigenvalue weighted by Gasteiger charge is -2.35. The Morgan fingerprint density at radius 1 is 1.18 bits per heavy atom. The molecule has 5 heteroatoms. The number of nitrogens with one attached hydrogen (secondary N) is 1. The molecule has 1 N–H and O–H groups in total. The van der Waals surface area contributed by atoms with Gasteiger partial charge in [0, 0.05) is 30.7 Å². The van der Waals surface area contributed by atoms with Crippen LogP contribution in [0.25, 0.3) is 0 Å². The Morgan fingerprint density at radius 3 is 2.41 bits per heavy atom. The predicted molar refractivity (Wildman–Crippen MR) is 67.3 cm³/mol. The molecule has 0 unspecified atom stereocenters. The van der Waals surface area contributed by atoms with Crippen LogP contribution in [0, 0.1) is 0 Å². The molecule has 2 nitrogen and oxygen atoms in total. The smallest absolute Gasteiger partial charge is 0.258 e. The number of alkyl halides is 2. The minimum atomic E-state index is -2.37. The first-order chi connectivity index (χ1) is 8.20. The van der Waals surface area contributed by atoms with Gasteiger partial charge in [0.1, 0.15) is 0 Å². The Morgan fingerprint density at radius 2 is 1.82 bits per heavy atom. The standard InChI is InChI=1S/C12H15BrF2N2/c13-10-4-2-1-3-9(10)11(12(14)15)17-7-5-16-6-8-17/h1-4,11-12,16H,5-8H2/t11-/m0/s1. The van der Waals surface area contributed by atoms with Crippen molar-refractivity contribution in [3.63, 3.8) is 0 Å². The number of piperazine rings is 1. The molecule has 1 fully saturated rings. The Hall–Kier alpha value is -0.520. The quantitative estimate of drug-likeness (QED) is 0.923. The van der Waals surface area contributed by atoms with Crippen LogP contribution in [0.15, 0.2) is 28.7 Å². The van der Waals surface area contributed by atoms with Crippen molar-refractivity contribution >= 4 is 15.9 Å². The van der Waals surface area contributed by atoms with Crippen LogP contribution < -0.4 is 5.32 Å². The molecule has 1 atom stereocenters. The molecule has 1 heterocycles. The second-order valence-corrected chi connectivity index (χ2v) is 4.94. The van der Waals surface area contributed by atoms with Crippen molar-refractivity contribution in [3.8, 4) is 0 Å². The van der Waals surface area contributed by atoms with Crippen LogP contribution in [0.5, 0.6) is 0 Å². The number of nitrogens with zero attached hydrogens (tertiary/aromatic N) is 1. The van der Waals surface area contributed by atoms with Crippen molar-refractivity contribution in [1.29, 1.82) is 0 Å². The van der Waals surface area contributed by atoms with Crippen molar-refractivity contribution in [2.45, 2.75) is 12.5 Å². The average molecular weight is 305 g/mol. The molecule has 94 valence electrons. The van der Waals surface area contributed by atoms with Gasteiger partial charge in [-0.25, -0.2) is 8.78 Å². The van der Waals surface area contributed by atoms with Crippen molar-refractivity contribution < 1.29 is 8.78 Å². The molecule has 17 heavy (non-hydrogen) atoms. The third kappa shape index (κ3) is 3.03. The highest BCUT2D eigenvalue weighted by molar-refractivity contribution is 9.10. The van der Waals surface area contributed by atoms with Gasteiger partial charge in [-0.15, -0.1) is 0 Å². The monoisotopic (exact) mass is 304 g/mol. The average Bonchev–Trinajstić information content (AvgIpc) is 2.33. The third-order valence-electron chi connectivity index (χ3n) is 3.01. The first kappa shape index (κ1) is 12.9. The lowest BCUT2D eigenvalue weighted by Crippen LogP contribution is -2.47. The minimum absolute atomic E-state index is 0.663. The summed E-state index contributed by atoms with van der Waals surface area (Å²) in [7, 11) is 0. The van der Waals surface area contributed by atoms with Crippen LogP contribution in [0.2, 0.25) is 0 Å². The fourth-order valence-electron chi connectivity index (χ4n) is 2.17. The molecular weight excluding hydrogens is 290 g/mol. The van der Waals surface area contributed by atoms with Gasteiger partial charge in [0.25, 0.3) is 6.43 Å². The van der Waals surface area contributed by atoms with Crippen LogP contribution in [0.4, 0.5) is 8.78 Å². The lowest BCUT2D eigenvalue weighted by atomic mass is 10.1. The van der Waals surface area contributed by atoms with Crippen molar-refractivity contribution in [3.05, 3.63) is 34.3 Å². The van der Waals surface area contributed by atoms with Gasteiger partial charge >= 0.3 is 0 Å². The summed E-state index contributed by atoms with van der Waals surface area (Å²) in [6, 6.07) is 6.41. The molecule has 1 saturated heterocycles. The topological polar surface area (TPSA) is 15.3 Å². The Bertz CT molecular complexity index is 367. The third-order valence-corrected chi connectivity index (χ3v) is 3.73.